The molecule has 0 radical (unpaired) electrons. The first-order chi connectivity index (χ1) is 19.4. The van der Waals surface area contributed by atoms with E-state index in [1.807, 2.05) is 0 Å². The fraction of sp³-hybridized carbons (Fsp3) is 0.0370. The van der Waals surface area contributed by atoms with Gasteiger partial charge in [0.2, 0.25) is 0 Å². The van der Waals surface area contributed by atoms with Crippen molar-refractivity contribution in [2.45, 2.75) is 6.18 Å². The molecule has 2 heterocycles. The van der Waals surface area contributed by atoms with Gasteiger partial charge < -0.3 is 10.6 Å². The first-order valence-electron chi connectivity index (χ1n) is 11.5. The van der Waals surface area contributed by atoms with Crippen molar-refractivity contribution in [3.05, 3.63) is 111 Å². The third-order valence-corrected chi connectivity index (χ3v) is 6.74. The minimum atomic E-state index is -4.72. The van der Waals surface area contributed by atoms with Crippen LogP contribution in [0.25, 0.3) is 16.9 Å². The Balaban J connectivity index is 1.40. The van der Waals surface area contributed by atoms with Crippen molar-refractivity contribution in [3.63, 3.8) is 0 Å². The highest BCUT2D eigenvalue weighted by Gasteiger charge is 2.34. The Hall–Kier alpha value is -4.19. The summed E-state index contributed by atoms with van der Waals surface area (Å²) in [6.07, 6.45) is -0.198. The maximum Gasteiger partial charge on any atom is 0.417 e. The van der Waals surface area contributed by atoms with Crippen molar-refractivity contribution in [1.82, 2.24) is 14.4 Å². The van der Waals surface area contributed by atoms with Crippen molar-refractivity contribution in [1.29, 1.82) is 0 Å². The number of rotatable bonds is 5. The van der Waals surface area contributed by atoms with Gasteiger partial charge in [-0.25, -0.2) is 14.4 Å². The van der Waals surface area contributed by atoms with E-state index in [9.17, 15) is 27.2 Å². The van der Waals surface area contributed by atoms with E-state index in [0.29, 0.717) is 23.0 Å². The van der Waals surface area contributed by atoms with Gasteiger partial charge in [0.05, 0.1) is 32.5 Å². The predicted molar refractivity (Wildman–Crippen MR) is 147 cm³/mol. The molecule has 3 aromatic carbocycles. The van der Waals surface area contributed by atoms with Crippen LogP contribution in [0.5, 0.6) is 0 Å². The Morgan fingerprint density at radius 1 is 0.829 bits per heavy atom. The molecule has 2 N–H and O–H groups in total. The van der Waals surface area contributed by atoms with E-state index in [-0.39, 0.29) is 32.6 Å². The molecule has 5 aromatic rings. The topological polar surface area (TPSA) is 88.4 Å². The molecule has 208 valence electrons. The standard InChI is InChI=1S/C27H14Cl3F4N5O2/c28-18-5-4-14(9-17(18)27(32,33)34)25(40)37-16-3-1-2-13(8-16)21-12-36-24-23(35-6-7-39(21)24)38-26(41)15-10-19(29)22(31)20(30)11-15/h1-12H,(H,37,40)(H,35,38,41). The Bertz CT molecular complexity index is 1820. The maximum atomic E-state index is 13.7. The molecule has 7 nitrogen and oxygen atoms in total. The quantitative estimate of drug-likeness (QED) is 0.154. The molecule has 2 amide bonds. The van der Waals surface area contributed by atoms with Gasteiger partial charge in [-0.2, -0.15) is 13.2 Å². The van der Waals surface area contributed by atoms with E-state index in [1.165, 1.54) is 18.5 Å². The zero-order valence-electron chi connectivity index (χ0n) is 20.2. The number of carbonyl (C=O) groups excluding carboxylic acids is 2. The molecule has 0 saturated carbocycles. The molecule has 0 bridgehead atoms. The Kier molecular flexibility index (Phi) is 7.60. The SMILES string of the molecule is O=C(Nc1cccc(-c2cnc3c(NC(=O)c4cc(Cl)c(F)c(Cl)c4)nccn23)c1)c1ccc(Cl)c(C(F)(F)F)c1. The summed E-state index contributed by atoms with van der Waals surface area (Å²) in [4.78, 5) is 34.0. The normalized spacial score (nSPS) is 11.5. The minimum Gasteiger partial charge on any atom is -0.322 e. The van der Waals surface area contributed by atoms with Crippen LogP contribution in [0.15, 0.2) is 73.2 Å². The Morgan fingerprint density at radius 3 is 2.24 bits per heavy atom. The number of nitrogens with zero attached hydrogens (tertiary/aromatic N) is 3. The van der Waals surface area contributed by atoms with Crippen LogP contribution in [0, 0.1) is 5.82 Å². The van der Waals surface area contributed by atoms with Crippen LogP contribution in [0.1, 0.15) is 26.3 Å². The van der Waals surface area contributed by atoms with Gasteiger partial charge in [0.15, 0.2) is 17.3 Å². The first kappa shape index (κ1) is 28.3. The minimum absolute atomic E-state index is 0.00321. The van der Waals surface area contributed by atoms with E-state index in [0.717, 1.165) is 18.2 Å². The highest BCUT2D eigenvalue weighted by molar-refractivity contribution is 6.35. The molecule has 0 fully saturated rings. The lowest BCUT2D eigenvalue weighted by Gasteiger charge is -2.12. The van der Waals surface area contributed by atoms with Crippen molar-refractivity contribution in [2.75, 3.05) is 10.6 Å². The molecule has 0 spiro atoms. The molecule has 0 aliphatic carbocycles. The molecule has 0 aliphatic heterocycles. The average molecular weight is 623 g/mol. The molecule has 5 rings (SSSR count). The number of imidazole rings is 1. The molecular formula is C27H14Cl3F4N5O2. The van der Waals surface area contributed by atoms with E-state index in [1.54, 1.807) is 34.9 Å². The Morgan fingerprint density at radius 2 is 1.54 bits per heavy atom. The van der Waals surface area contributed by atoms with Gasteiger partial charge in [-0.05, 0) is 42.5 Å². The number of fused-ring (bicyclic) bond motifs is 1. The number of nitrogens with one attached hydrogen (secondary N) is 2. The number of carbonyl (C=O) groups is 2. The van der Waals surface area contributed by atoms with Crippen LogP contribution >= 0.6 is 34.8 Å². The van der Waals surface area contributed by atoms with Crippen molar-refractivity contribution >= 4 is 63.8 Å². The van der Waals surface area contributed by atoms with Crippen molar-refractivity contribution < 1.29 is 27.2 Å². The smallest absolute Gasteiger partial charge is 0.322 e. The van der Waals surface area contributed by atoms with E-state index in [2.05, 4.69) is 20.6 Å². The molecule has 41 heavy (non-hydrogen) atoms. The number of alkyl halides is 3. The predicted octanol–water partition coefficient (Wildman–Crippen LogP) is 8.02. The first-order valence-corrected chi connectivity index (χ1v) is 12.6. The van der Waals surface area contributed by atoms with Gasteiger partial charge in [-0.3, -0.25) is 14.0 Å². The summed E-state index contributed by atoms with van der Waals surface area (Å²) in [6, 6.07) is 11.7. The van der Waals surface area contributed by atoms with Crippen LogP contribution in [0.3, 0.4) is 0 Å². The summed E-state index contributed by atoms with van der Waals surface area (Å²) in [5, 5.41) is 4.02. The second-order valence-corrected chi connectivity index (χ2v) is 9.77. The lowest BCUT2D eigenvalue weighted by Crippen LogP contribution is -2.14. The number of anilines is 2. The van der Waals surface area contributed by atoms with Crippen LogP contribution in [0.4, 0.5) is 29.1 Å². The van der Waals surface area contributed by atoms with Gasteiger partial charge >= 0.3 is 6.18 Å². The largest absolute Gasteiger partial charge is 0.417 e. The maximum absolute atomic E-state index is 13.7. The van der Waals surface area contributed by atoms with Crippen LogP contribution in [-0.2, 0) is 6.18 Å². The Labute approximate surface area is 243 Å². The summed E-state index contributed by atoms with van der Waals surface area (Å²) in [5.41, 5.74) is 0.369. The lowest BCUT2D eigenvalue weighted by molar-refractivity contribution is -0.137. The highest BCUT2D eigenvalue weighted by atomic mass is 35.5. The molecule has 0 unspecified atom stereocenters. The number of halogens is 7. The third kappa shape index (κ3) is 5.83. The average Bonchev–Trinajstić information content (AvgIpc) is 3.36. The second kappa shape index (κ2) is 11.0. The molecule has 14 heteroatoms. The van der Waals surface area contributed by atoms with E-state index < -0.39 is 34.4 Å². The molecule has 0 atom stereocenters. The van der Waals surface area contributed by atoms with Gasteiger partial charge in [-0.1, -0.05) is 46.9 Å². The van der Waals surface area contributed by atoms with Crippen molar-refractivity contribution in [2.24, 2.45) is 0 Å². The summed E-state index contributed by atoms with van der Waals surface area (Å²) in [7, 11) is 0. The molecule has 2 aromatic heterocycles. The number of benzene rings is 3. The van der Waals surface area contributed by atoms with E-state index >= 15 is 0 Å². The third-order valence-electron chi connectivity index (χ3n) is 5.86. The zero-order valence-corrected chi connectivity index (χ0v) is 22.5. The van der Waals surface area contributed by atoms with Crippen LogP contribution in [-0.4, -0.2) is 26.2 Å². The van der Waals surface area contributed by atoms with E-state index in [4.69, 9.17) is 34.8 Å². The van der Waals surface area contributed by atoms with Crippen LogP contribution < -0.4 is 10.6 Å². The summed E-state index contributed by atoms with van der Waals surface area (Å²) in [5.74, 6) is -2.18. The number of amides is 2. The summed E-state index contributed by atoms with van der Waals surface area (Å²) >= 11 is 17.2. The fourth-order valence-corrected chi connectivity index (χ4v) is 4.64. The van der Waals surface area contributed by atoms with Gasteiger partial charge in [0, 0.05) is 34.8 Å². The number of aromatic nitrogens is 3. The summed E-state index contributed by atoms with van der Waals surface area (Å²) in [6.45, 7) is 0. The van der Waals surface area contributed by atoms with Crippen LogP contribution in [0.2, 0.25) is 15.1 Å². The van der Waals surface area contributed by atoms with Gasteiger partial charge in [0.25, 0.3) is 11.8 Å². The second-order valence-electron chi connectivity index (χ2n) is 8.55. The molecule has 0 saturated heterocycles. The molecule has 0 aliphatic rings. The number of hydrogen-bond acceptors (Lipinski definition) is 4. The van der Waals surface area contributed by atoms with Gasteiger partial charge in [-0.15, -0.1) is 0 Å². The number of hydrogen-bond donors (Lipinski definition) is 2. The monoisotopic (exact) mass is 621 g/mol. The zero-order chi connectivity index (χ0) is 29.5. The summed E-state index contributed by atoms with van der Waals surface area (Å²) < 4.78 is 55.0. The highest BCUT2D eigenvalue weighted by Crippen LogP contribution is 2.35. The van der Waals surface area contributed by atoms with Crippen molar-refractivity contribution in [3.8, 4) is 11.3 Å². The van der Waals surface area contributed by atoms with Gasteiger partial charge in [0.1, 0.15) is 0 Å². The lowest BCUT2D eigenvalue weighted by atomic mass is 10.1. The fourth-order valence-electron chi connectivity index (χ4n) is 3.93. The molecular weight excluding hydrogens is 609 g/mol.